The molecule has 0 saturated heterocycles. The molecular weight excluding hydrogens is 396 g/mol. The first-order valence-electron chi connectivity index (χ1n) is 9.20. The molecule has 0 aliphatic carbocycles. The molecule has 0 aromatic heterocycles. The number of rotatable bonds is 8. The zero-order chi connectivity index (χ0) is 20.9. The lowest BCUT2D eigenvalue weighted by Crippen LogP contribution is -2.48. The SMILES string of the molecule is CC(C)C[C@H](NC(=O)[C@H](C)N(c1ccc(Cl)cc1)S(C)(=O)=O)c1ccccc1. The largest absolute Gasteiger partial charge is 0.347 e. The van der Waals surface area contributed by atoms with Gasteiger partial charge in [-0.05, 0) is 49.1 Å². The summed E-state index contributed by atoms with van der Waals surface area (Å²) in [5, 5.41) is 3.52. The normalized spacial score (nSPS) is 13.8. The highest BCUT2D eigenvalue weighted by Gasteiger charge is 2.30. The number of amides is 1. The van der Waals surface area contributed by atoms with Gasteiger partial charge in [0.25, 0.3) is 0 Å². The molecule has 7 heteroatoms. The lowest BCUT2D eigenvalue weighted by atomic mass is 9.96. The third kappa shape index (κ3) is 5.97. The molecule has 2 aromatic carbocycles. The fraction of sp³-hybridized carbons (Fsp3) is 0.381. The van der Waals surface area contributed by atoms with Crippen molar-refractivity contribution in [3.05, 3.63) is 65.2 Å². The maximum Gasteiger partial charge on any atom is 0.244 e. The van der Waals surface area contributed by atoms with Crippen molar-refractivity contribution in [2.45, 2.75) is 39.3 Å². The number of carbonyl (C=O) groups excluding carboxylic acids is 1. The van der Waals surface area contributed by atoms with Gasteiger partial charge in [0.1, 0.15) is 6.04 Å². The molecule has 2 atom stereocenters. The van der Waals surface area contributed by atoms with Crippen LogP contribution in [0.4, 0.5) is 5.69 Å². The number of anilines is 1. The van der Waals surface area contributed by atoms with E-state index in [0.29, 0.717) is 16.6 Å². The van der Waals surface area contributed by atoms with Crippen LogP contribution in [0.1, 0.15) is 38.8 Å². The second-order valence-electron chi connectivity index (χ2n) is 7.31. The topological polar surface area (TPSA) is 66.5 Å². The van der Waals surface area contributed by atoms with Crippen molar-refractivity contribution in [2.75, 3.05) is 10.6 Å². The zero-order valence-electron chi connectivity index (χ0n) is 16.6. The summed E-state index contributed by atoms with van der Waals surface area (Å²) < 4.78 is 25.9. The van der Waals surface area contributed by atoms with E-state index in [4.69, 9.17) is 11.6 Å². The van der Waals surface area contributed by atoms with Crippen LogP contribution in [-0.4, -0.2) is 26.6 Å². The van der Waals surface area contributed by atoms with Crippen LogP contribution in [0, 0.1) is 5.92 Å². The van der Waals surface area contributed by atoms with Gasteiger partial charge in [-0.1, -0.05) is 55.8 Å². The molecule has 5 nitrogen and oxygen atoms in total. The van der Waals surface area contributed by atoms with Gasteiger partial charge in [-0.25, -0.2) is 8.42 Å². The van der Waals surface area contributed by atoms with Crippen LogP contribution in [0.3, 0.4) is 0 Å². The first kappa shape index (κ1) is 22.2. The average molecular weight is 423 g/mol. The Morgan fingerprint density at radius 2 is 1.61 bits per heavy atom. The maximum atomic E-state index is 13.0. The standard InChI is InChI=1S/C21H27ClN2O3S/c1-15(2)14-20(17-8-6-5-7-9-17)23-21(25)16(3)24(28(4,26)27)19-12-10-18(22)11-13-19/h5-13,15-16,20H,14H2,1-4H3,(H,23,25)/t16-,20-/m0/s1. The highest BCUT2D eigenvalue weighted by atomic mass is 35.5. The molecule has 0 fully saturated rings. The van der Waals surface area contributed by atoms with Crippen molar-refractivity contribution in [1.82, 2.24) is 5.32 Å². The van der Waals surface area contributed by atoms with Crippen molar-refractivity contribution >= 4 is 33.2 Å². The molecule has 0 saturated carbocycles. The summed E-state index contributed by atoms with van der Waals surface area (Å²) in [6.45, 7) is 5.76. The molecule has 28 heavy (non-hydrogen) atoms. The van der Waals surface area contributed by atoms with Gasteiger partial charge in [0.05, 0.1) is 18.0 Å². The van der Waals surface area contributed by atoms with Gasteiger partial charge in [0, 0.05) is 5.02 Å². The van der Waals surface area contributed by atoms with Crippen LogP contribution in [0.15, 0.2) is 54.6 Å². The van der Waals surface area contributed by atoms with Crippen molar-refractivity contribution in [1.29, 1.82) is 0 Å². The van der Waals surface area contributed by atoms with E-state index in [1.54, 1.807) is 31.2 Å². The molecule has 0 bridgehead atoms. The minimum atomic E-state index is -3.67. The fourth-order valence-electron chi connectivity index (χ4n) is 3.12. The summed E-state index contributed by atoms with van der Waals surface area (Å²) in [4.78, 5) is 13.0. The van der Waals surface area contributed by atoms with E-state index in [9.17, 15) is 13.2 Å². The Bertz CT molecular complexity index is 884. The van der Waals surface area contributed by atoms with E-state index in [0.717, 1.165) is 22.5 Å². The van der Waals surface area contributed by atoms with Crippen molar-refractivity contribution in [3.63, 3.8) is 0 Å². The molecule has 2 aromatic rings. The summed E-state index contributed by atoms with van der Waals surface area (Å²) >= 11 is 5.91. The van der Waals surface area contributed by atoms with Gasteiger partial charge in [-0.2, -0.15) is 0 Å². The molecule has 0 spiro atoms. The van der Waals surface area contributed by atoms with Crippen LogP contribution < -0.4 is 9.62 Å². The van der Waals surface area contributed by atoms with Crippen LogP contribution >= 0.6 is 11.6 Å². The van der Waals surface area contributed by atoms with Gasteiger partial charge in [0.2, 0.25) is 15.9 Å². The Morgan fingerprint density at radius 1 is 1.04 bits per heavy atom. The minimum Gasteiger partial charge on any atom is -0.347 e. The lowest BCUT2D eigenvalue weighted by Gasteiger charge is -2.30. The van der Waals surface area contributed by atoms with Crippen molar-refractivity contribution in [2.24, 2.45) is 5.92 Å². The van der Waals surface area contributed by atoms with Crippen LogP contribution in [0.25, 0.3) is 0 Å². The first-order valence-corrected chi connectivity index (χ1v) is 11.4. The van der Waals surface area contributed by atoms with Crippen molar-refractivity contribution in [3.8, 4) is 0 Å². The molecule has 1 N–H and O–H groups in total. The molecular formula is C21H27ClN2O3S. The summed E-state index contributed by atoms with van der Waals surface area (Å²) in [6, 6.07) is 15.0. The van der Waals surface area contributed by atoms with Crippen LogP contribution in [-0.2, 0) is 14.8 Å². The number of hydrogen-bond acceptors (Lipinski definition) is 3. The third-order valence-electron chi connectivity index (χ3n) is 4.40. The van der Waals surface area contributed by atoms with E-state index in [1.165, 1.54) is 0 Å². The summed E-state index contributed by atoms with van der Waals surface area (Å²) in [7, 11) is -3.67. The number of nitrogens with one attached hydrogen (secondary N) is 1. The third-order valence-corrected chi connectivity index (χ3v) is 5.89. The number of carbonyl (C=O) groups is 1. The monoisotopic (exact) mass is 422 g/mol. The van der Waals surface area contributed by atoms with E-state index in [2.05, 4.69) is 19.2 Å². The highest BCUT2D eigenvalue weighted by molar-refractivity contribution is 7.92. The van der Waals surface area contributed by atoms with Gasteiger partial charge in [0.15, 0.2) is 0 Å². The zero-order valence-corrected chi connectivity index (χ0v) is 18.2. The first-order chi connectivity index (χ1) is 13.1. The predicted molar refractivity (Wildman–Crippen MR) is 115 cm³/mol. The van der Waals surface area contributed by atoms with Crippen LogP contribution in [0.2, 0.25) is 5.02 Å². The Balaban J connectivity index is 2.29. The summed E-state index contributed by atoms with van der Waals surface area (Å²) in [6.07, 6.45) is 1.84. The van der Waals surface area contributed by atoms with Gasteiger partial charge >= 0.3 is 0 Å². The lowest BCUT2D eigenvalue weighted by molar-refractivity contribution is -0.122. The molecule has 0 heterocycles. The second kappa shape index (κ2) is 9.43. The number of halogens is 1. The number of sulfonamides is 1. The Morgan fingerprint density at radius 3 is 2.11 bits per heavy atom. The van der Waals surface area contributed by atoms with E-state index in [1.807, 2.05) is 30.3 Å². The Hall–Kier alpha value is -2.05. The molecule has 0 aliphatic heterocycles. The molecule has 0 unspecified atom stereocenters. The van der Waals surface area contributed by atoms with Gasteiger partial charge in [-0.15, -0.1) is 0 Å². The minimum absolute atomic E-state index is 0.192. The number of benzene rings is 2. The average Bonchev–Trinajstić information content (AvgIpc) is 2.62. The fourth-order valence-corrected chi connectivity index (χ4v) is 4.43. The van der Waals surface area contributed by atoms with E-state index < -0.39 is 16.1 Å². The number of nitrogens with zero attached hydrogens (tertiary/aromatic N) is 1. The van der Waals surface area contributed by atoms with E-state index in [-0.39, 0.29) is 11.9 Å². The number of hydrogen-bond donors (Lipinski definition) is 1. The Kier molecular flexibility index (Phi) is 7.49. The predicted octanol–water partition coefficient (Wildman–Crippen LogP) is 4.40. The summed E-state index contributed by atoms with van der Waals surface area (Å²) in [5.74, 6) is 0.0120. The molecule has 0 aliphatic rings. The van der Waals surface area contributed by atoms with Crippen LogP contribution in [0.5, 0.6) is 0 Å². The highest BCUT2D eigenvalue weighted by Crippen LogP contribution is 2.25. The smallest absolute Gasteiger partial charge is 0.244 e. The second-order valence-corrected chi connectivity index (χ2v) is 9.61. The summed E-state index contributed by atoms with van der Waals surface area (Å²) in [5.41, 5.74) is 1.39. The quantitative estimate of drug-likeness (QED) is 0.685. The van der Waals surface area contributed by atoms with E-state index >= 15 is 0 Å². The maximum absolute atomic E-state index is 13.0. The van der Waals surface area contributed by atoms with Gasteiger partial charge < -0.3 is 5.32 Å². The van der Waals surface area contributed by atoms with Gasteiger partial charge in [-0.3, -0.25) is 9.10 Å². The van der Waals surface area contributed by atoms with Crippen molar-refractivity contribution < 1.29 is 13.2 Å². The molecule has 152 valence electrons. The molecule has 2 rings (SSSR count). The molecule has 0 radical (unpaired) electrons. The molecule has 1 amide bonds. The Labute approximate surface area is 172 Å².